The first-order chi connectivity index (χ1) is 27.7. The Bertz CT molecular complexity index is 2810. The molecular weight excluding hydrogens is 677 g/mol. The minimum atomic E-state index is 0.392. The van der Waals surface area contributed by atoms with E-state index in [1.165, 1.54) is 43.6 Å². The lowest BCUT2D eigenvalue weighted by Crippen LogP contribution is -2.19. The Morgan fingerprint density at radius 3 is 1.34 bits per heavy atom. The van der Waals surface area contributed by atoms with Crippen molar-refractivity contribution in [3.63, 3.8) is 0 Å². The van der Waals surface area contributed by atoms with Crippen LogP contribution in [0.4, 0.5) is 28.4 Å². The van der Waals surface area contributed by atoms with Crippen molar-refractivity contribution < 1.29 is 0 Å². The summed E-state index contributed by atoms with van der Waals surface area (Å²) in [6, 6.07) is 63.7. The van der Waals surface area contributed by atoms with Crippen molar-refractivity contribution in [3.8, 4) is 0 Å². The highest BCUT2D eigenvalue weighted by molar-refractivity contribution is 5.93. The van der Waals surface area contributed by atoms with Gasteiger partial charge in [0.25, 0.3) is 0 Å². The molecule has 0 aromatic heterocycles. The van der Waals surface area contributed by atoms with E-state index in [0.29, 0.717) is 5.92 Å². The smallest absolute Gasteiger partial charge is 0.0468 e. The van der Waals surface area contributed by atoms with E-state index in [4.69, 9.17) is 0 Å². The molecule has 8 aromatic carbocycles. The van der Waals surface area contributed by atoms with Crippen LogP contribution in [0.5, 0.6) is 0 Å². The Kier molecular flexibility index (Phi) is 8.70. The van der Waals surface area contributed by atoms with Gasteiger partial charge < -0.3 is 9.80 Å². The Morgan fingerprint density at radius 1 is 0.411 bits per heavy atom. The van der Waals surface area contributed by atoms with Gasteiger partial charge in [-0.15, -0.1) is 0 Å². The van der Waals surface area contributed by atoms with Gasteiger partial charge in [-0.25, -0.2) is 0 Å². The molecule has 1 unspecified atom stereocenters. The van der Waals surface area contributed by atoms with Gasteiger partial charge in [-0.2, -0.15) is 0 Å². The molecule has 0 radical (unpaired) electrons. The fraction of sp³-hybridized carbons (Fsp3) is 0.0370. The van der Waals surface area contributed by atoms with Gasteiger partial charge in [-0.3, -0.25) is 0 Å². The Hall–Kier alpha value is -7.16. The van der Waals surface area contributed by atoms with E-state index < -0.39 is 0 Å². The standard InChI is InChI=1S/C54H40N2/c1-5-13-45-35-51(31-23-41(45)9-1)55(52-32-24-42-10-2-6-14-46(42)36-52)49-27-19-39(20-28-49)17-18-40-21-29-50(30-22-40)56(53-33-25-43-11-3-7-15-47(43)37-53)54-34-26-44-12-4-8-16-48(44)38-54/h1-15,17-38,48H,16H2/b18-17+. The van der Waals surface area contributed by atoms with Gasteiger partial charge in [0.15, 0.2) is 0 Å². The second kappa shape index (κ2) is 14.6. The second-order valence-corrected chi connectivity index (χ2v) is 14.6. The van der Waals surface area contributed by atoms with E-state index in [0.717, 1.165) is 46.0 Å². The molecule has 0 heterocycles. The van der Waals surface area contributed by atoms with E-state index in [1.807, 2.05) is 0 Å². The lowest BCUT2D eigenvalue weighted by Gasteiger charge is -2.31. The summed E-state index contributed by atoms with van der Waals surface area (Å²) in [5.41, 5.74) is 10.5. The predicted octanol–water partition coefficient (Wildman–Crippen LogP) is 14.9. The molecule has 0 amide bonds. The number of hydrogen-bond donors (Lipinski definition) is 0. The summed E-state index contributed by atoms with van der Waals surface area (Å²) in [5, 5.41) is 7.40. The first-order valence-electron chi connectivity index (χ1n) is 19.4. The molecule has 0 aliphatic heterocycles. The van der Waals surface area contributed by atoms with Crippen LogP contribution in [-0.4, -0.2) is 0 Å². The lowest BCUT2D eigenvalue weighted by atomic mass is 9.87. The molecule has 8 aromatic rings. The van der Waals surface area contributed by atoms with Gasteiger partial charge in [0.05, 0.1) is 0 Å². The highest BCUT2D eigenvalue weighted by atomic mass is 15.1. The molecule has 56 heavy (non-hydrogen) atoms. The largest absolute Gasteiger partial charge is 0.311 e. The zero-order valence-electron chi connectivity index (χ0n) is 31.0. The summed E-state index contributed by atoms with van der Waals surface area (Å²) in [6.45, 7) is 0. The minimum absolute atomic E-state index is 0.392. The van der Waals surface area contributed by atoms with Crippen LogP contribution in [0.2, 0.25) is 0 Å². The van der Waals surface area contributed by atoms with Crippen molar-refractivity contribution in [3.05, 3.63) is 235 Å². The molecule has 1 atom stereocenters. The Balaban J connectivity index is 0.941. The molecule has 2 nitrogen and oxygen atoms in total. The summed E-state index contributed by atoms with van der Waals surface area (Å²) < 4.78 is 0. The summed E-state index contributed by atoms with van der Waals surface area (Å²) in [5.74, 6) is 0.392. The maximum absolute atomic E-state index is 2.42. The van der Waals surface area contributed by atoms with Gasteiger partial charge in [0.1, 0.15) is 0 Å². The van der Waals surface area contributed by atoms with Crippen LogP contribution in [0.1, 0.15) is 17.5 Å². The summed E-state index contributed by atoms with van der Waals surface area (Å²) in [6.07, 6.45) is 19.1. The number of nitrogens with zero attached hydrogens (tertiary/aromatic N) is 2. The van der Waals surface area contributed by atoms with Crippen molar-refractivity contribution in [2.75, 3.05) is 9.80 Å². The molecule has 0 fully saturated rings. The molecule has 2 aliphatic carbocycles. The molecule has 266 valence electrons. The van der Waals surface area contributed by atoms with Crippen LogP contribution in [0.25, 0.3) is 44.5 Å². The number of hydrogen-bond acceptors (Lipinski definition) is 2. The quantitative estimate of drug-likeness (QED) is 0.144. The van der Waals surface area contributed by atoms with Gasteiger partial charge >= 0.3 is 0 Å². The van der Waals surface area contributed by atoms with Crippen LogP contribution in [-0.2, 0) is 0 Å². The van der Waals surface area contributed by atoms with Crippen LogP contribution in [0.15, 0.2) is 224 Å². The zero-order valence-corrected chi connectivity index (χ0v) is 31.0. The second-order valence-electron chi connectivity index (χ2n) is 14.6. The molecular formula is C54H40N2. The number of benzene rings is 8. The van der Waals surface area contributed by atoms with Crippen LogP contribution >= 0.6 is 0 Å². The van der Waals surface area contributed by atoms with Gasteiger partial charge in [-0.05, 0) is 122 Å². The van der Waals surface area contributed by atoms with Crippen molar-refractivity contribution in [2.45, 2.75) is 6.42 Å². The molecule has 2 heteroatoms. The van der Waals surface area contributed by atoms with E-state index in [1.54, 1.807) is 0 Å². The summed E-state index contributed by atoms with van der Waals surface area (Å²) in [4.78, 5) is 4.74. The fourth-order valence-corrected chi connectivity index (χ4v) is 8.10. The SMILES string of the molecule is C1=CCC2C=C(N(c3ccc(/C=C/c4ccc(N(c5ccc6ccccc6c5)c5ccc6ccccc6c5)cc4)cc3)c3ccc4ccccc4c3)C=CC2=C1. The monoisotopic (exact) mass is 716 g/mol. The molecule has 0 N–H and O–H groups in total. The maximum Gasteiger partial charge on any atom is 0.0468 e. The number of allylic oxidation sites excluding steroid dienone is 7. The average Bonchev–Trinajstić information content (AvgIpc) is 3.26. The van der Waals surface area contributed by atoms with Crippen molar-refractivity contribution in [2.24, 2.45) is 5.92 Å². The van der Waals surface area contributed by atoms with Crippen LogP contribution in [0.3, 0.4) is 0 Å². The highest BCUT2D eigenvalue weighted by Crippen LogP contribution is 2.39. The third-order valence-corrected chi connectivity index (χ3v) is 11.1. The summed E-state index contributed by atoms with van der Waals surface area (Å²) in [7, 11) is 0. The molecule has 2 aliphatic rings. The Labute approximate surface area is 328 Å². The normalized spacial score (nSPS) is 14.9. The molecule has 10 rings (SSSR count). The average molecular weight is 717 g/mol. The maximum atomic E-state index is 2.42. The topological polar surface area (TPSA) is 6.48 Å². The molecule has 0 saturated heterocycles. The van der Waals surface area contributed by atoms with Crippen LogP contribution < -0.4 is 9.80 Å². The zero-order chi connectivity index (χ0) is 37.3. The van der Waals surface area contributed by atoms with Gasteiger partial charge in [-0.1, -0.05) is 158 Å². The highest BCUT2D eigenvalue weighted by Gasteiger charge is 2.21. The summed E-state index contributed by atoms with van der Waals surface area (Å²) >= 11 is 0. The lowest BCUT2D eigenvalue weighted by molar-refractivity contribution is 0.769. The predicted molar refractivity (Wildman–Crippen MR) is 240 cm³/mol. The van der Waals surface area contributed by atoms with E-state index >= 15 is 0 Å². The van der Waals surface area contributed by atoms with Gasteiger partial charge in [0.2, 0.25) is 0 Å². The fourth-order valence-electron chi connectivity index (χ4n) is 8.10. The number of rotatable bonds is 8. The van der Waals surface area contributed by atoms with Crippen molar-refractivity contribution in [1.29, 1.82) is 0 Å². The van der Waals surface area contributed by atoms with Crippen LogP contribution in [0, 0.1) is 5.92 Å². The van der Waals surface area contributed by atoms with E-state index in [9.17, 15) is 0 Å². The number of fused-ring (bicyclic) bond motifs is 4. The van der Waals surface area contributed by atoms with Crippen molar-refractivity contribution in [1.82, 2.24) is 0 Å². The van der Waals surface area contributed by atoms with Gasteiger partial charge in [0, 0.05) is 40.1 Å². The molecule has 0 saturated carbocycles. The van der Waals surface area contributed by atoms with Crippen molar-refractivity contribution >= 4 is 72.9 Å². The minimum Gasteiger partial charge on any atom is -0.311 e. The Morgan fingerprint density at radius 2 is 0.839 bits per heavy atom. The van der Waals surface area contributed by atoms with E-state index in [2.05, 4.69) is 234 Å². The van der Waals surface area contributed by atoms with E-state index in [-0.39, 0.29) is 0 Å². The molecule has 0 bridgehead atoms. The number of anilines is 5. The first kappa shape index (κ1) is 33.4. The third-order valence-electron chi connectivity index (χ3n) is 11.1. The molecule has 0 spiro atoms. The first-order valence-corrected chi connectivity index (χ1v) is 19.4. The third kappa shape index (κ3) is 6.63.